The molecule has 0 amide bonds. The Labute approximate surface area is 191 Å². The predicted octanol–water partition coefficient (Wildman–Crippen LogP) is 5.43. The number of benzene rings is 2. The molecule has 0 bridgehead atoms. The van der Waals surface area contributed by atoms with Crippen molar-refractivity contribution >= 4 is 34.0 Å². The lowest BCUT2D eigenvalue weighted by Gasteiger charge is -2.08. The molecule has 0 saturated heterocycles. The summed E-state index contributed by atoms with van der Waals surface area (Å²) in [5.74, 6) is 1.56. The fourth-order valence-electron chi connectivity index (χ4n) is 4.40. The molecule has 2 aromatic heterocycles. The molecule has 32 heavy (non-hydrogen) atoms. The van der Waals surface area contributed by atoms with Gasteiger partial charge in [-0.1, -0.05) is 60.5 Å². The molecule has 0 aliphatic carbocycles. The molecule has 3 heterocycles. The van der Waals surface area contributed by atoms with E-state index in [2.05, 4.69) is 50.2 Å². The number of fused-ring (bicyclic) bond motifs is 2. The van der Waals surface area contributed by atoms with E-state index >= 15 is 0 Å². The first kappa shape index (κ1) is 20.5. The van der Waals surface area contributed by atoms with Gasteiger partial charge in [0.25, 0.3) is 0 Å². The number of hydrogen-bond donors (Lipinski definition) is 0. The molecule has 0 fully saturated rings. The Bertz CT molecular complexity index is 1370. The van der Waals surface area contributed by atoms with Crippen LogP contribution in [0.15, 0.2) is 42.5 Å². The Balaban J connectivity index is 1.52. The maximum atomic E-state index is 9.90. The molecule has 4 aromatic rings. The van der Waals surface area contributed by atoms with Crippen LogP contribution in [0.1, 0.15) is 47.7 Å². The van der Waals surface area contributed by atoms with E-state index in [0.717, 1.165) is 48.5 Å². The molecule has 0 atom stereocenters. The molecule has 0 unspecified atom stereocenters. The first-order chi connectivity index (χ1) is 15.7. The molecule has 2 aromatic carbocycles. The molecule has 0 spiro atoms. The maximum absolute atomic E-state index is 9.90. The van der Waals surface area contributed by atoms with Gasteiger partial charge in [0, 0.05) is 18.5 Å². The third kappa shape index (κ3) is 3.69. The number of allylic oxidation sites excluding steroid dienone is 1. The second kappa shape index (κ2) is 8.60. The SMILES string of the molecule is Cc1nn(Cc2cccc3ccccc23)c(Cl)c1C=C(C#N)c1nnc2n1CCCCC2. The van der Waals surface area contributed by atoms with Gasteiger partial charge < -0.3 is 4.57 Å². The third-order valence-electron chi connectivity index (χ3n) is 6.07. The van der Waals surface area contributed by atoms with E-state index < -0.39 is 0 Å². The Morgan fingerprint density at radius 1 is 1.12 bits per heavy atom. The van der Waals surface area contributed by atoms with E-state index in [1.54, 1.807) is 10.8 Å². The average molecular weight is 443 g/mol. The number of hydrogen-bond acceptors (Lipinski definition) is 4. The Morgan fingerprint density at radius 3 is 2.84 bits per heavy atom. The summed E-state index contributed by atoms with van der Waals surface area (Å²) in [6.07, 6.45) is 6.04. The van der Waals surface area contributed by atoms with Crippen LogP contribution in [-0.2, 0) is 19.5 Å². The number of nitrogens with zero attached hydrogens (tertiary/aromatic N) is 6. The predicted molar refractivity (Wildman–Crippen MR) is 126 cm³/mol. The normalized spacial score (nSPS) is 14.2. The fourth-order valence-corrected chi connectivity index (χ4v) is 4.69. The molecule has 1 aliphatic rings. The monoisotopic (exact) mass is 442 g/mol. The lowest BCUT2D eigenvalue weighted by molar-refractivity contribution is 0.627. The Hall–Kier alpha value is -3.43. The molecule has 0 radical (unpaired) electrons. The van der Waals surface area contributed by atoms with E-state index in [-0.39, 0.29) is 0 Å². The summed E-state index contributed by atoms with van der Waals surface area (Å²) < 4.78 is 3.87. The van der Waals surface area contributed by atoms with Gasteiger partial charge in [0.05, 0.1) is 17.8 Å². The van der Waals surface area contributed by atoms with Crippen LogP contribution in [0.4, 0.5) is 0 Å². The van der Waals surface area contributed by atoms with Gasteiger partial charge in [-0.2, -0.15) is 10.4 Å². The van der Waals surface area contributed by atoms with Gasteiger partial charge in [0.2, 0.25) is 0 Å². The summed E-state index contributed by atoms with van der Waals surface area (Å²) in [4.78, 5) is 0. The van der Waals surface area contributed by atoms with Crippen molar-refractivity contribution in [1.82, 2.24) is 24.5 Å². The summed E-state index contributed by atoms with van der Waals surface area (Å²) in [5.41, 5.74) is 3.12. The van der Waals surface area contributed by atoms with E-state index in [4.69, 9.17) is 11.6 Å². The molecule has 5 rings (SSSR count). The highest BCUT2D eigenvalue weighted by Gasteiger charge is 2.20. The molecule has 0 N–H and O–H groups in total. The lowest BCUT2D eigenvalue weighted by atomic mass is 10.0. The topological polar surface area (TPSA) is 72.3 Å². The van der Waals surface area contributed by atoms with Crippen LogP contribution >= 0.6 is 11.6 Å². The molecule has 160 valence electrons. The molecule has 0 saturated carbocycles. The van der Waals surface area contributed by atoms with Crippen molar-refractivity contribution in [2.24, 2.45) is 0 Å². The van der Waals surface area contributed by atoms with Crippen LogP contribution in [-0.4, -0.2) is 24.5 Å². The summed E-state index contributed by atoms with van der Waals surface area (Å²) in [5, 5.41) is 26.1. The van der Waals surface area contributed by atoms with Crippen molar-refractivity contribution in [3.05, 3.63) is 76.1 Å². The number of aryl methyl sites for hydroxylation is 2. The highest BCUT2D eigenvalue weighted by atomic mass is 35.5. The van der Waals surface area contributed by atoms with E-state index in [1.807, 2.05) is 25.1 Å². The number of rotatable bonds is 4. The minimum absolute atomic E-state index is 0.459. The third-order valence-corrected chi connectivity index (χ3v) is 6.47. The van der Waals surface area contributed by atoms with E-state index in [1.165, 1.54) is 17.2 Å². The second-order valence-corrected chi connectivity index (χ2v) is 8.52. The lowest BCUT2D eigenvalue weighted by Crippen LogP contribution is -2.05. The summed E-state index contributed by atoms with van der Waals surface area (Å²) >= 11 is 6.77. The van der Waals surface area contributed by atoms with Gasteiger partial charge in [0.15, 0.2) is 5.82 Å². The van der Waals surface area contributed by atoms with Crippen molar-refractivity contribution in [2.75, 3.05) is 0 Å². The average Bonchev–Trinajstić information content (AvgIpc) is 3.21. The first-order valence-corrected chi connectivity index (χ1v) is 11.3. The molecular formula is C25H23ClN6. The number of nitriles is 1. The van der Waals surface area contributed by atoms with Crippen LogP contribution in [0.2, 0.25) is 5.15 Å². The summed E-state index contributed by atoms with van der Waals surface area (Å²) in [6.45, 7) is 3.30. The number of halogens is 1. The van der Waals surface area contributed by atoms with Crippen molar-refractivity contribution in [3.8, 4) is 6.07 Å². The quantitative estimate of drug-likeness (QED) is 0.395. The summed E-state index contributed by atoms with van der Waals surface area (Å²) in [6, 6.07) is 16.8. The van der Waals surface area contributed by atoms with Gasteiger partial charge in [0.1, 0.15) is 17.0 Å². The zero-order valence-electron chi connectivity index (χ0n) is 17.9. The Morgan fingerprint density at radius 2 is 1.97 bits per heavy atom. The second-order valence-electron chi connectivity index (χ2n) is 8.16. The van der Waals surface area contributed by atoms with Gasteiger partial charge in [-0.3, -0.25) is 0 Å². The van der Waals surface area contributed by atoms with Crippen LogP contribution in [0, 0.1) is 18.3 Å². The van der Waals surface area contributed by atoms with Crippen molar-refractivity contribution in [3.63, 3.8) is 0 Å². The minimum atomic E-state index is 0.459. The highest BCUT2D eigenvalue weighted by molar-refractivity contribution is 6.31. The van der Waals surface area contributed by atoms with Crippen LogP contribution < -0.4 is 0 Å². The minimum Gasteiger partial charge on any atom is -0.310 e. The van der Waals surface area contributed by atoms with Crippen molar-refractivity contribution < 1.29 is 0 Å². The maximum Gasteiger partial charge on any atom is 0.174 e. The zero-order chi connectivity index (χ0) is 22.1. The molecular weight excluding hydrogens is 420 g/mol. The summed E-state index contributed by atoms with van der Waals surface area (Å²) in [7, 11) is 0. The van der Waals surface area contributed by atoms with Crippen molar-refractivity contribution in [1.29, 1.82) is 5.26 Å². The largest absolute Gasteiger partial charge is 0.310 e. The molecule has 6 nitrogen and oxygen atoms in total. The standard InChI is InChI=1S/C25H23ClN6/c1-17-22(14-20(15-27)25-29-28-23-12-3-2-6-13-31(23)25)24(26)32(30-17)16-19-10-7-9-18-8-4-5-11-21(18)19/h4-5,7-11,14H,2-3,6,12-13,16H2,1H3. The van der Waals surface area contributed by atoms with Gasteiger partial charge >= 0.3 is 0 Å². The van der Waals surface area contributed by atoms with Crippen LogP contribution in [0.3, 0.4) is 0 Å². The van der Waals surface area contributed by atoms with Gasteiger partial charge in [-0.25, -0.2) is 4.68 Å². The van der Waals surface area contributed by atoms with E-state index in [9.17, 15) is 5.26 Å². The van der Waals surface area contributed by atoms with Crippen LogP contribution in [0.25, 0.3) is 22.4 Å². The van der Waals surface area contributed by atoms with Crippen molar-refractivity contribution in [2.45, 2.75) is 45.7 Å². The zero-order valence-corrected chi connectivity index (χ0v) is 18.7. The highest BCUT2D eigenvalue weighted by Crippen LogP contribution is 2.28. The molecule has 7 heteroatoms. The first-order valence-electron chi connectivity index (χ1n) is 10.9. The smallest absolute Gasteiger partial charge is 0.174 e. The molecule has 1 aliphatic heterocycles. The van der Waals surface area contributed by atoms with Crippen LogP contribution in [0.5, 0.6) is 0 Å². The van der Waals surface area contributed by atoms with E-state index in [0.29, 0.717) is 23.1 Å². The number of aromatic nitrogens is 5. The fraction of sp³-hybridized carbons (Fsp3) is 0.280. The van der Waals surface area contributed by atoms with Gasteiger partial charge in [-0.15, -0.1) is 10.2 Å². The van der Waals surface area contributed by atoms with Gasteiger partial charge in [-0.05, 0) is 42.2 Å². The Kier molecular flexibility index (Phi) is 5.50.